The Hall–Kier alpha value is -2.89. The second kappa shape index (κ2) is 8.57. The maximum Gasteiger partial charge on any atom is 0.352 e. The highest BCUT2D eigenvalue weighted by Gasteiger charge is 2.23. The summed E-state index contributed by atoms with van der Waals surface area (Å²) in [5.41, 5.74) is 0.489. The molecule has 0 aliphatic carbocycles. The Balaban J connectivity index is 1.52. The third kappa shape index (κ3) is 3.76. The Labute approximate surface area is 190 Å². The van der Waals surface area contributed by atoms with Crippen molar-refractivity contribution in [2.75, 3.05) is 18.2 Å². The Morgan fingerprint density at radius 2 is 2.22 bits per heavy atom. The Bertz CT molecular complexity index is 1430. The van der Waals surface area contributed by atoms with Crippen LogP contribution in [0.3, 0.4) is 0 Å². The number of carbonyl (C=O) groups is 1. The topological polar surface area (TPSA) is 99.6 Å². The van der Waals surface area contributed by atoms with Crippen LogP contribution in [-0.4, -0.2) is 43.6 Å². The fraction of sp³-hybridized carbons (Fsp3) is 0.333. The molecule has 4 aromatic rings. The van der Waals surface area contributed by atoms with Gasteiger partial charge in [-0.05, 0) is 48.7 Å². The van der Waals surface area contributed by atoms with Crippen LogP contribution in [0, 0.1) is 0 Å². The number of nitrogens with one attached hydrogen (secondary N) is 1. The molecule has 1 atom stereocenters. The smallest absolute Gasteiger partial charge is 0.352 e. The van der Waals surface area contributed by atoms with E-state index in [1.54, 1.807) is 29.3 Å². The summed E-state index contributed by atoms with van der Waals surface area (Å²) in [6, 6.07) is 9.19. The monoisotopic (exact) mass is 471 g/mol. The molecular weight excluding hydrogens is 450 g/mol. The van der Waals surface area contributed by atoms with E-state index in [0.29, 0.717) is 29.1 Å². The summed E-state index contributed by atoms with van der Waals surface area (Å²) in [6.07, 6.45) is 3.65. The maximum absolute atomic E-state index is 13.2. The van der Waals surface area contributed by atoms with Crippen molar-refractivity contribution in [1.82, 2.24) is 18.7 Å². The van der Waals surface area contributed by atoms with Gasteiger partial charge in [-0.3, -0.25) is 14.2 Å². The number of nitrogens with zero attached hydrogens (tertiary/aromatic N) is 4. The van der Waals surface area contributed by atoms with E-state index in [4.69, 9.17) is 4.74 Å². The normalized spacial score (nSPS) is 16.2. The first-order chi connectivity index (χ1) is 15.5. The molecule has 32 heavy (non-hydrogen) atoms. The predicted octanol–water partition coefficient (Wildman–Crippen LogP) is 2.41. The summed E-state index contributed by atoms with van der Waals surface area (Å²) >= 11 is 2.86. The summed E-state index contributed by atoms with van der Waals surface area (Å²) in [4.78, 5) is 39.9. The van der Waals surface area contributed by atoms with E-state index in [1.165, 1.54) is 20.3 Å². The number of hydrogen-bond donors (Lipinski definition) is 1. The lowest BCUT2D eigenvalue weighted by Gasteiger charge is -2.12. The Morgan fingerprint density at radius 1 is 1.34 bits per heavy atom. The van der Waals surface area contributed by atoms with Gasteiger partial charge < -0.3 is 10.1 Å². The first-order valence-corrected chi connectivity index (χ1v) is 12.3. The quantitative estimate of drug-likeness (QED) is 0.434. The number of carbonyl (C=O) groups excluding carboxylic acids is 1. The van der Waals surface area contributed by atoms with Crippen LogP contribution in [0.5, 0.6) is 0 Å². The molecule has 0 bridgehead atoms. The zero-order valence-corrected chi connectivity index (χ0v) is 18.9. The van der Waals surface area contributed by atoms with E-state index in [1.807, 2.05) is 24.5 Å². The summed E-state index contributed by atoms with van der Waals surface area (Å²) in [5, 5.41) is 8.96. The van der Waals surface area contributed by atoms with Gasteiger partial charge in [0, 0.05) is 17.2 Å². The van der Waals surface area contributed by atoms with Crippen molar-refractivity contribution in [2.45, 2.75) is 36.9 Å². The van der Waals surface area contributed by atoms with Crippen LogP contribution >= 0.6 is 23.1 Å². The van der Waals surface area contributed by atoms with E-state index < -0.39 is 5.69 Å². The molecule has 9 nitrogen and oxygen atoms in total. The van der Waals surface area contributed by atoms with Crippen molar-refractivity contribution < 1.29 is 9.53 Å². The van der Waals surface area contributed by atoms with Crippen LogP contribution in [0.4, 0.5) is 5.69 Å². The maximum atomic E-state index is 13.2. The largest absolute Gasteiger partial charge is 0.376 e. The van der Waals surface area contributed by atoms with Crippen LogP contribution in [0.15, 0.2) is 50.2 Å². The molecule has 3 aromatic heterocycles. The predicted molar refractivity (Wildman–Crippen MR) is 125 cm³/mol. The number of hydrogen-bond acceptors (Lipinski definition) is 7. The number of anilines is 1. The van der Waals surface area contributed by atoms with Crippen LogP contribution in [0.1, 0.15) is 12.8 Å². The molecule has 4 heterocycles. The van der Waals surface area contributed by atoms with Crippen molar-refractivity contribution >= 4 is 50.7 Å². The van der Waals surface area contributed by atoms with E-state index in [0.717, 1.165) is 22.4 Å². The van der Waals surface area contributed by atoms with Gasteiger partial charge >= 0.3 is 5.69 Å². The fourth-order valence-electron chi connectivity index (χ4n) is 3.93. The minimum absolute atomic E-state index is 0.0961. The van der Waals surface area contributed by atoms with Gasteiger partial charge in [0.05, 0.1) is 18.2 Å². The summed E-state index contributed by atoms with van der Waals surface area (Å²) in [6.45, 7) is 0.722. The van der Waals surface area contributed by atoms with E-state index >= 15 is 0 Å². The fourth-order valence-corrected chi connectivity index (χ4v) is 5.21. The minimum Gasteiger partial charge on any atom is -0.376 e. The zero-order valence-electron chi connectivity index (χ0n) is 17.3. The van der Waals surface area contributed by atoms with Gasteiger partial charge in [0.25, 0.3) is 5.56 Å². The molecule has 1 saturated heterocycles. The summed E-state index contributed by atoms with van der Waals surface area (Å²) in [5.74, 6) is -0.151. The van der Waals surface area contributed by atoms with Crippen LogP contribution in [0.2, 0.25) is 0 Å². The molecule has 1 aromatic carbocycles. The summed E-state index contributed by atoms with van der Waals surface area (Å²) in [7, 11) is 0. The molecule has 166 valence electrons. The highest BCUT2D eigenvalue weighted by Crippen LogP contribution is 2.20. The number of fused-ring (bicyclic) bond motifs is 3. The Morgan fingerprint density at radius 3 is 3.00 bits per heavy atom. The van der Waals surface area contributed by atoms with Gasteiger partial charge in [-0.25, -0.2) is 13.9 Å². The molecule has 1 N–H and O–H groups in total. The molecule has 1 amide bonds. The van der Waals surface area contributed by atoms with Crippen molar-refractivity contribution in [2.24, 2.45) is 0 Å². The van der Waals surface area contributed by atoms with Crippen LogP contribution < -0.4 is 16.6 Å². The van der Waals surface area contributed by atoms with Crippen molar-refractivity contribution in [3.8, 4) is 0 Å². The molecule has 11 heteroatoms. The Kier molecular flexibility index (Phi) is 5.62. The van der Waals surface area contributed by atoms with Gasteiger partial charge in [0.2, 0.25) is 11.7 Å². The lowest BCUT2D eigenvalue weighted by atomic mass is 10.2. The molecule has 0 saturated carbocycles. The molecule has 5 rings (SSSR count). The number of aromatic nitrogens is 4. The highest BCUT2D eigenvalue weighted by atomic mass is 32.2. The first kappa shape index (κ1) is 21.0. The SMILES string of the molecule is CSc1cccc(NC(=O)Cn2nc3n(CC4CCCO4)c(=O)c4sccc4n3c2=O)c1. The van der Waals surface area contributed by atoms with Gasteiger partial charge in [0.15, 0.2) is 0 Å². The second-order valence-electron chi connectivity index (χ2n) is 7.54. The molecule has 0 radical (unpaired) electrons. The van der Waals surface area contributed by atoms with E-state index in [-0.39, 0.29) is 29.9 Å². The lowest BCUT2D eigenvalue weighted by molar-refractivity contribution is -0.117. The minimum atomic E-state index is -0.461. The number of ether oxygens (including phenoxy) is 1. The molecule has 1 unspecified atom stereocenters. The molecule has 1 fully saturated rings. The van der Waals surface area contributed by atoms with E-state index in [2.05, 4.69) is 10.4 Å². The van der Waals surface area contributed by atoms with Crippen molar-refractivity contribution in [1.29, 1.82) is 0 Å². The van der Waals surface area contributed by atoms with Gasteiger partial charge in [0.1, 0.15) is 11.2 Å². The third-order valence-corrected chi connectivity index (χ3v) is 7.06. The average molecular weight is 472 g/mol. The first-order valence-electron chi connectivity index (χ1n) is 10.2. The number of thioether (sulfide) groups is 1. The van der Waals surface area contributed by atoms with Crippen molar-refractivity contribution in [3.63, 3.8) is 0 Å². The lowest BCUT2D eigenvalue weighted by Crippen LogP contribution is -2.30. The van der Waals surface area contributed by atoms with Gasteiger partial charge in [-0.15, -0.1) is 28.2 Å². The van der Waals surface area contributed by atoms with Gasteiger partial charge in [-0.1, -0.05) is 6.07 Å². The third-order valence-electron chi connectivity index (χ3n) is 5.45. The van der Waals surface area contributed by atoms with Crippen LogP contribution in [-0.2, 0) is 22.6 Å². The van der Waals surface area contributed by atoms with E-state index in [9.17, 15) is 14.4 Å². The van der Waals surface area contributed by atoms with Gasteiger partial charge in [-0.2, -0.15) is 0 Å². The molecular formula is C21H21N5O4S2. The zero-order chi connectivity index (χ0) is 22.2. The standard InChI is InChI=1S/C21H21N5O4S2/c1-31-15-6-2-4-13(10-15)22-17(27)12-25-21(29)26-16-7-9-32-18(16)19(28)24(20(26)23-25)11-14-5-3-8-30-14/h2,4,6-7,9-10,14H,3,5,8,11-12H2,1H3,(H,22,27). The number of amides is 1. The van der Waals surface area contributed by atoms with Crippen LogP contribution in [0.25, 0.3) is 16.0 Å². The molecule has 1 aliphatic heterocycles. The number of thiophene rings is 1. The average Bonchev–Trinajstić information content (AvgIpc) is 3.53. The van der Waals surface area contributed by atoms with Crippen molar-refractivity contribution in [3.05, 3.63) is 56.5 Å². The molecule has 0 spiro atoms. The highest BCUT2D eigenvalue weighted by molar-refractivity contribution is 7.98. The molecule has 1 aliphatic rings. The second-order valence-corrected chi connectivity index (χ2v) is 9.34. The number of benzene rings is 1. The summed E-state index contributed by atoms with van der Waals surface area (Å²) < 4.78 is 10.2. The number of rotatable bonds is 6.